The molecule has 0 N–H and O–H groups in total. The van der Waals surface area contributed by atoms with Crippen molar-refractivity contribution >= 4 is 8.32 Å². The fraction of sp³-hybridized carbons (Fsp3) is 0.610. The van der Waals surface area contributed by atoms with Gasteiger partial charge < -0.3 is 18.6 Å². The first-order valence-electron chi connectivity index (χ1n) is 17.6. The fourth-order valence-electron chi connectivity index (χ4n) is 5.04. The molecule has 0 aliphatic rings. The summed E-state index contributed by atoms with van der Waals surface area (Å²) >= 11 is 0. The molecule has 0 aliphatic carbocycles. The zero-order valence-corrected chi connectivity index (χ0v) is 31.0. The van der Waals surface area contributed by atoms with Crippen molar-refractivity contribution in [1.29, 1.82) is 0 Å². The van der Waals surface area contributed by atoms with Crippen molar-refractivity contribution in [2.24, 2.45) is 0 Å². The van der Waals surface area contributed by atoms with Crippen molar-refractivity contribution in [2.45, 2.75) is 154 Å². The molecule has 0 amide bonds. The maximum absolute atomic E-state index is 7.00. The van der Waals surface area contributed by atoms with Crippen LogP contribution in [-0.4, -0.2) is 33.7 Å². The van der Waals surface area contributed by atoms with Crippen LogP contribution in [0.2, 0.25) is 18.1 Å². The molecule has 2 aromatic carbocycles. The number of unbranched alkanes of at least 4 members (excludes halogenated alkanes) is 8. The van der Waals surface area contributed by atoms with E-state index in [1.54, 1.807) is 7.11 Å². The van der Waals surface area contributed by atoms with Crippen LogP contribution in [0, 0.1) is 24.2 Å². The normalized spacial score (nSPS) is 13.7. The number of ether oxygens (including phenoxy) is 3. The molecular weight excluding hydrogens is 585 g/mol. The lowest BCUT2D eigenvalue weighted by Crippen LogP contribution is -2.45. The van der Waals surface area contributed by atoms with E-state index in [-0.39, 0.29) is 23.4 Å². The molecule has 46 heavy (non-hydrogen) atoms. The zero-order valence-electron chi connectivity index (χ0n) is 30.0. The summed E-state index contributed by atoms with van der Waals surface area (Å²) in [7, 11) is -0.370. The molecule has 2 aromatic rings. The Morgan fingerprint density at radius 2 is 1.35 bits per heavy atom. The molecular formula is C41H62O4Si. The Bertz CT molecular complexity index is 1170. The number of rotatable bonds is 22. The van der Waals surface area contributed by atoms with Gasteiger partial charge in [0.2, 0.25) is 0 Å². The molecule has 0 saturated carbocycles. The molecule has 0 fully saturated rings. The lowest BCUT2D eigenvalue weighted by molar-refractivity contribution is -0.0293. The first-order valence-corrected chi connectivity index (χ1v) is 20.5. The lowest BCUT2D eigenvalue weighted by Gasteiger charge is -2.39. The molecule has 254 valence electrons. The largest absolute Gasteiger partial charge is 0.497 e. The smallest absolute Gasteiger partial charge is 0.192 e. The van der Waals surface area contributed by atoms with E-state index in [0.717, 1.165) is 23.3 Å². The van der Waals surface area contributed by atoms with Gasteiger partial charge in [-0.15, -0.1) is 18.3 Å². The Hall–Kier alpha value is -2.54. The predicted octanol–water partition coefficient (Wildman–Crippen LogP) is 10.9. The van der Waals surface area contributed by atoms with Gasteiger partial charge in [-0.3, -0.25) is 0 Å². The van der Waals surface area contributed by atoms with Crippen molar-refractivity contribution < 1.29 is 18.6 Å². The maximum Gasteiger partial charge on any atom is 0.192 e. The number of hydrogen-bond donors (Lipinski definition) is 0. The summed E-state index contributed by atoms with van der Waals surface area (Å²) in [5.41, 5.74) is 2.18. The van der Waals surface area contributed by atoms with Crippen molar-refractivity contribution in [3.8, 4) is 29.9 Å². The van der Waals surface area contributed by atoms with Gasteiger partial charge in [0.05, 0.1) is 32.5 Å². The second-order valence-corrected chi connectivity index (χ2v) is 18.7. The van der Waals surface area contributed by atoms with Gasteiger partial charge in [0.15, 0.2) is 8.32 Å². The van der Waals surface area contributed by atoms with Gasteiger partial charge in [0, 0.05) is 19.3 Å². The first kappa shape index (κ1) is 39.6. The highest BCUT2D eigenvalue weighted by molar-refractivity contribution is 6.74. The molecule has 0 saturated heterocycles. The highest BCUT2D eigenvalue weighted by Crippen LogP contribution is 2.38. The third-order valence-corrected chi connectivity index (χ3v) is 13.5. The van der Waals surface area contributed by atoms with E-state index in [1.165, 1.54) is 51.4 Å². The molecule has 0 heterocycles. The summed E-state index contributed by atoms with van der Waals surface area (Å²) in [5, 5.41) is 0.0927. The monoisotopic (exact) mass is 646 g/mol. The number of benzene rings is 2. The van der Waals surface area contributed by atoms with E-state index >= 15 is 0 Å². The van der Waals surface area contributed by atoms with Crippen LogP contribution in [-0.2, 0) is 27.1 Å². The number of hydrogen-bond acceptors (Lipinski definition) is 4. The summed E-state index contributed by atoms with van der Waals surface area (Å²) in [6, 6.07) is 18.2. The van der Waals surface area contributed by atoms with Crippen LogP contribution in [0.5, 0.6) is 5.75 Å². The molecule has 0 spiro atoms. The van der Waals surface area contributed by atoms with Gasteiger partial charge >= 0.3 is 0 Å². The minimum Gasteiger partial charge on any atom is -0.497 e. The Morgan fingerprint density at radius 1 is 0.739 bits per heavy atom. The predicted molar refractivity (Wildman–Crippen MR) is 196 cm³/mol. The Labute approximate surface area is 283 Å². The Morgan fingerprint density at radius 3 is 1.96 bits per heavy atom. The molecule has 4 nitrogen and oxygen atoms in total. The van der Waals surface area contributed by atoms with Gasteiger partial charge in [-0.1, -0.05) is 121 Å². The molecule has 3 atom stereocenters. The molecule has 2 rings (SSSR count). The van der Waals surface area contributed by atoms with Crippen LogP contribution >= 0.6 is 0 Å². The summed E-state index contributed by atoms with van der Waals surface area (Å²) in [5.74, 6) is 10.7. The first-order chi connectivity index (χ1) is 22.1. The van der Waals surface area contributed by atoms with Crippen molar-refractivity contribution in [2.75, 3.05) is 7.11 Å². The third kappa shape index (κ3) is 16.3. The van der Waals surface area contributed by atoms with Gasteiger partial charge in [-0.2, -0.15) is 0 Å². The van der Waals surface area contributed by atoms with Gasteiger partial charge in [0.1, 0.15) is 11.9 Å². The topological polar surface area (TPSA) is 36.9 Å². The molecule has 0 unspecified atom stereocenters. The summed E-state index contributed by atoms with van der Waals surface area (Å²) in [6.45, 7) is 14.7. The van der Waals surface area contributed by atoms with Gasteiger partial charge in [0.25, 0.3) is 0 Å². The van der Waals surface area contributed by atoms with Crippen LogP contribution in [0.1, 0.15) is 116 Å². The summed E-state index contributed by atoms with van der Waals surface area (Å²) in [4.78, 5) is 0. The molecule has 0 aromatic heterocycles. The highest BCUT2D eigenvalue weighted by Gasteiger charge is 2.39. The summed E-state index contributed by atoms with van der Waals surface area (Å²) in [6.07, 6.45) is 18.9. The van der Waals surface area contributed by atoms with E-state index in [4.69, 9.17) is 25.1 Å². The van der Waals surface area contributed by atoms with E-state index in [0.29, 0.717) is 32.5 Å². The zero-order chi connectivity index (χ0) is 33.7. The Kier molecular flexibility index (Phi) is 19.0. The van der Waals surface area contributed by atoms with E-state index in [2.05, 4.69) is 70.7 Å². The van der Waals surface area contributed by atoms with Crippen LogP contribution < -0.4 is 4.74 Å². The molecule has 5 heteroatoms. The van der Waals surface area contributed by atoms with Crippen LogP contribution in [0.3, 0.4) is 0 Å². The van der Waals surface area contributed by atoms with Gasteiger partial charge in [-0.25, -0.2) is 0 Å². The third-order valence-electron chi connectivity index (χ3n) is 9.00. The van der Waals surface area contributed by atoms with Crippen molar-refractivity contribution in [3.05, 3.63) is 65.7 Å². The molecule has 0 bridgehead atoms. The Balaban J connectivity index is 2.11. The quantitative estimate of drug-likeness (QED) is 0.0725. The number of terminal acetylenes is 1. The minimum atomic E-state index is -2.05. The van der Waals surface area contributed by atoms with Crippen molar-refractivity contribution in [1.82, 2.24) is 0 Å². The second kappa shape index (κ2) is 22.1. The molecule has 0 aliphatic heterocycles. The molecule has 0 radical (unpaired) electrons. The van der Waals surface area contributed by atoms with Gasteiger partial charge in [-0.05, 0) is 54.2 Å². The maximum atomic E-state index is 7.00. The SMILES string of the molecule is C#C[C@@H](C[C@H](C[C@@H](CC#CCCCCCCCCCC)O[Si](C)(C)C(C)(C)C)OCc1ccc(OC)cc1)OCc1ccccc1. The van der Waals surface area contributed by atoms with E-state index < -0.39 is 8.32 Å². The van der Waals surface area contributed by atoms with Crippen LogP contribution in [0.4, 0.5) is 0 Å². The lowest BCUT2D eigenvalue weighted by atomic mass is 10.0. The summed E-state index contributed by atoms with van der Waals surface area (Å²) < 4.78 is 25.1. The standard InChI is InChI=1S/C41H62O4Si/c1-9-11-12-13-14-15-16-17-18-19-23-26-39(45-46(7,8)41(3,4)5)32-40(44-34-36-27-29-38(42-6)30-28-36)31-37(10-2)43-33-35-24-21-20-22-25-35/h2,20-22,24-25,27-30,37,39-40H,9,11-18,26,31-34H2,1,3-8H3/t37-,39+,40+/m0/s1. The fourth-order valence-corrected chi connectivity index (χ4v) is 6.41. The highest BCUT2D eigenvalue weighted by atomic mass is 28.4. The van der Waals surface area contributed by atoms with Crippen LogP contribution in [0.25, 0.3) is 0 Å². The average molecular weight is 647 g/mol. The number of methoxy groups -OCH3 is 1. The van der Waals surface area contributed by atoms with E-state index in [1.807, 2.05) is 42.5 Å². The minimum absolute atomic E-state index is 0.0413. The average Bonchev–Trinajstić information content (AvgIpc) is 3.04. The van der Waals surface area contributed by atoms with Crippen molar-refractivity contribution in [3.63, 3.8) is 0 Å². The second-order valence-electron chi connectivity index (χ2n) is 14.0. The van der Waals surface area contributed by atoms with Crippen LogP contribution in [0.15, 0.2) is 54.6 Å². The van der Waals surface area contributed by atoms with E-state index in [9.17, 15) is 0 Å².